The minimum Gasteiger partial charge on any atom is -0.464 e. The molecule has 0 aromatic carbocycles. The summed E-state index contributed by atoms with van der Waals surface area (Å²) in [6.45, 7) is 4.30. The van der Waals surface area contributed by atoms with E-state index in [0.29, 0.717) is 12.4 Å². The van der Waals surface area contributed by atoms with Crippen molar-refractivity contribution in [1.29, 1.82) is 0 Å². The molecule has 0 spiro atoms. The Hall–Kier alpha value is -1.69. The molecule has 1 rings (SSSR count). The number of aromatic nitrogens is 2. The van der Waals surface area contributed by atoms with E-state index in [1.165, 1.54) is 19.5 Å². The first-order valence-electron chi connectivity index (χ1n) is 4.87. The molecule has 0 amide bonds. The van der Waals surface area contributed by atoms with Crippen molar-refractivity contribution >= 4 is 11.8 Å². The number of anilines is 1. The maximum absolute atomic E-state index is 11.2. The van der Waals surface area contributed by atoms with Crippen LogP contribution >= 0.6 is 0 Å². The van der Waals surface area contributed by atoms with E-state index < -0.39 is 5.97 Å². The molecule has 0 aliphatic rings. The highest BCUT2D eigenvalue weighted by molar-refractivity contribution is 5.87. The highest BCUT2D eigenvalue weighted by Crippen LogP contribution is 2.11. The van der Waals surface area contributed by atoms with Crippen molar-refractivity contribution in [3.63, 3.8) is 0 Å². The lowest BCUT2D eigenvalue weighted by molar-refractivity contribution is 0.0593. The Morgan fingerprint density at radius 1 is 1.56 bits per heavy atom. The van der Waals surface area contributed by atoms with Gasteiger partial charge in [0.25, 0.3) is 0 Å². The fraction of sp³-hybridized carbons (Fsp3) is 0.500. The summed E-state index contributed by atoms with van der Waals surface area (Å²) in [6.07, 6.45) is 2.89. The Morgan fingerprint density at radius 2 is 2.25 bits per heavy atom. The average molecular weight is 224 g/mol. The molecule has 0 saturated heterocycles. The SMILES string of the molecule is COC(=O)c1cncc(NC(C)(C)CN)n1. The summed E-state index contributed by atoms with van der Waals surface area (Å²) in [7, 11) is 1.30. The van der Waals surface area contributed by atoms with Crippen LogP contribution in [0.4, 0.5) is 5.82 Å². The second kappa shape index (κ2) is 4.89. The van der Waals surface area contributed by atoms with Crippen LogP contribution in [0.15, 0.2) is 12.4 Å². The van der Waals surface area contributed by atoms with Gasteiger partial charge < -0.3 is 15.8 Å². The molecular formula is C10H16N4O2. The molecule has 1 heterocycles. The number of hydrogen-bond donors (Lipinski definition) is 2. The zero-order valence-corrected chi connectivity index (χ0v) is 9.65. The van der Waals surface area contributed by atoms with Gasteiger partial charge in [0, 0.05) is 12.1 Å². The molecule has 0 bridgehead atoms. The molecule has 3 N–H and O–H groups in total. The fourth-order valence-electron chi connectivity index (χ4n) is 1.03. The Balaban J connectivity index is 2.87. The topological polar surface area (TPSA) is 90.1 Å². The second-order valence-corrected chi connectivity index (χ2v) is 3.99. The van der Waals surface area contributed by atoms with Crippen molar-refractivity contribution < 1.29 is 9.53 Å². The van der Waals surface area contributed by atoms with Crippen LogP contribution in [0.2, 0.25) is 0 Å². The first-order chi connectivity index (χ1) is 7.48. The zero-order chi connectivity index (χ0) is 12.2. The van der Waals surface area contributed by atoms with Crippen LogP contribution in [-0.4, -0.2) is 35.1 Å². The van der Waals surface area contributed by atoms with Gasteiger partial charge in [-0.2, -0.15) is 0 Å². The van der Waals surface area contributed by atoms with Crippen LogP contribution < -0.4 is 11.1 Å². The van der Waals surface area contributed by atoms with E-state index in [1.807, 2.05) is 13.8 Å². The average Bonchev–Trinajstić information content (AvgIpc) is 2.28. The third-order valence-corrected chi connectivity index (χ3v) is 2.01. The van der Waals surface area contributed by atoms with Gasteiger partial charge in [0.2, 0.25) is 0 Å². The number of nitrogens with two attached hydrogens (primary N) is 1. The molecule has 0 radical (unpaired) electrons. The quantitative estimate of drug-likeness (QED) is 0.720. The summed E-state index contributed by atoms with van der Waals surface area (Å²) >= 11 is 0. The van der Waals surface area contributed by atoms with Crippen molar-refractivity contribution in [3.8, 4) is 0 Å². The number of esters is 1. The number of carbonyl (C=O) groups is 1. The monoisotopic (exact) mass is 224 g/mol. The normalized spacial score (nSPS) is 11.0. The molecule has 0 unspecified atom stereocenters. The molecule has 0 aliphatic heterocycles. The lowest BCUT2D eigenvalue weighted by Crippen LogP contribution is -2.39. The number of nitrogens with zero attached hydrogens (tertiary/aromatic N) is 2. The van der Waals surface area contributed by atoms with Crippen molar-refractivity contribution in [2.24, 2.45) is 5.73 Å². The van der Waals surface area contributed by atoms with Crippen molar-refractivity contribution in [1.82, 2.24) is 9.97 Å². The summed E-state index contributed by atoms with van der Waals surface area (Å²) in [5.41, 5.74) is 5.44. The highest BCUT2D eigenvalue weighted by atomic mass is 16.5. The van der Waals surface area contributed by atoms with E-state index in [2.05, 4.69) is 20.0 Å². The number of rotatable bonds is 4. The maximum Gasteiger partial charge on any atom is 0.358 e. The van der Waals surface area contributed by atoms with E-state index in [1.54, 1.807) is 0 Å². The zero-order valence-electron chi connectivity index (χ0n) is 9.65. The molecule has 88 valence electrons. The molecule has 6 nitrogen and oxygen atoms in total. The number of nitrogens with one attached hydrogen (secondary N) is 1. The van der Waals surface area contributed by atoms with Gasteiger partial charge in [-0.1, -0.05) is 0 Å². The van der Waals surface area contributed by atoms with Crippen molar-refractivity contribution in [3.05, 3.63) is 18.1 Å². The number of ether oxygens (including phenoxy) is 1. The minimum absolute atomic E-state index is 0.167. The summed E-state index contributed by atoms with van der Waals surface area (Å²) < 4.78 is 4.55. The summed E-state index contributed by atoms with van der Waals surface area (Å²) in [6, 6.07) is 0. The van der Waals surface area contributed by atoms with E-state index in [0.717, 1.165) is 0 Å². The van der Waals surface area contributed by atoms with Gasteiger partial charge in [0.05, 0.1) is 19.5 Å². The summed E-state index contributed by atoms with van der Waals surface area (Å²) in [5.74, 6) is -0.0138. The van der Waals surface area contributed by atoms with Crippen LogP contribution in [0.1, 0.15) is 24.3 Å². The molecule has 0 fully saturated rings. The van der Waals surface area contributed by atoms with Gasteiger partial charge in [-0.25, -0.2) is 9.78 Å². The van der Waals surface area contributed by atoms with Gasteiger partial charge in [-0.3, -0.25) is 4.98 Å². The van der Waals surface area contributed by atoms with Crippen LogP contribution in [0, 0.1) is 0 Å². The third-order valence-electron chi connectivity index (χ3n) is 2.01. The predicted molar refractivity (Wildman–Crippen MR) is 60.1 cm³/mol. The van der Waals surface area contributed by atoms with Gasteiger partial charge in [0.15, 0.2) is 5.69 Å². The smallest absolute Gasteiger partial charge is 0.358 e. The number of carbonyl (C=O) groups excluding carboxylic acids is 1. The van der Waals surface area contributed by atoms with E-state index in [-0.39, 0.29) is 11.2 Å². The van der Waals surface area contributed by atoms with Gasteiger partial charge in [-0.05, 0) is 13.8 Å². The van der Waals surface area contributed by atoms with Crippen LogP contribution in [0.3, 0.4) is 0 Å². The Labute approximate surface area is 94.2 Å². The minimum atomic E-state index is -0.512. The first kappa shape index (κ1) is 12.4. The van der Waals surface area contributed by atoms with Crippen LogP contribution in [0.5, 0.6) is 0 Å². The lowest BCUT2D eigenvalue weighted by Gasteiger charge is -2.24. The fourth-order valence-corrected chi connectivity index (χ4v) is 1.03. The Bertz CT molecular complexity index is 379. The molecule has 1 aromatic rings. The summed E-state index contributed by atoms with van der Waals surface area (Å²) in [5, 5.41) is 3.08. The number of hydrogen-bond acceptors (Lipinski definition) is 6. The van der Waals surface area contributed by atoms with E-state index in [4.69, 9.17) is 5.73 Å². The highest BCUT2D eigenvalue weighted by Gasteiger charge is 2.16. The molecular weight excluding hydrogens is 208 g/mol. The van der Waals surface area contributed by atoms with Gasteiger partial charge >= 0.3 is 5.97 Å². The number of methoxy groups -OCH3 is 1. The molecule has 16 heavy (non-hydrogen) atoms. The molecule has 0 aliphatic carbocycles. The molecule has 0 atom stereocenters. The maximum atomic E-state index is 11.2. The van der Waals surface area contributed by atoms with E-state index >= 15 is 0 Å². The van der Waals surface area contributed by atoms with Crippen molar-refractivity contribution in [2.45, 2.75) is 19.4 Å². The largest absolute Gasteiger partial charge is 0.464 e. The summed E-state index contributed by atoms with van der Waals surface area (Å²) in [4.78, 5) is 19.2. The van der Waals surface area contributed by atoms with Crippen molar-refractivity contribution in [2.75, 3.05) is 19.0 Å². The lowest BCUT2D eigenvalue weighted by atomic mass is 10.1. The van der Waals surface area contributed by atoms with Gasteiger partial charge in [-0.15, -0.1) is 0 Å². The second-order valence-electron chi connectivity index (χ2n) is 3.99. The standard InChI is InChI=1S/C10H16N4O2/c1-10(2,6-11)14-8-5-12-4-7(13-8)9(15)16-3/h4-5H,6,11H2,1-3H3,(H,13,14). The Kier molecular flexibility index (Phi) is 3.78. The first-order valence-corrected chi connectivity index (χ1v) is 4.87. The van der Waals surface area contributed by atoms with Gasteiger partial charge in [0.1, 0.15) is 5.82 Å². The Morgan fingerprint density at radius 3 is 2.81 bits per heavy atom. The molecule has 1 aromatic heterocycles. The molecule has 6 heteroatoms. The molecule has 0 saturated carbocycles. The third kappa shape index (κ3) is 3.16. The predicted octanol–water partition coefficient (Wildman–Crippen LogP) is 0.412. The van der Waals surface area contributed by atoms with E-state index in [9.17, 15) is 4.79 Å². The van der Waals surface area contributed by atoms with Crippen LogP contribution in [0.25, 0.3) is 0 Å². The van der Waals surface area contributed by atoms with Crippen LogP contribution in [-0.2, 0) is 4.74 Å².